The van der Waals surface area contributed by atoms with E-state index >= 15 is 0 Å². The predicted molar refractivity (Wildman–Crippen MR) is 148 cm³/mol. The van der Waals surface area contributed by atoms with Crippen LogP contribution in [0.1, 0.15) is 149 Å². The topological polar surface area (TPSA) is 89.8 Å². The number of unbranched alkanes of at least 4 members (excludes halogenated alkanes) is 16. The molecule has 0 aromatic carbocycles. The van der Waals surface area contributed by atoms with Gasteiger partial charge in [-0.15, -0.1) is 0 Å². The molecule has 5 nitrogen and oxygen atoms in total. The average molecular weight is 498 g/mol. The summed E-state index contributed by atoms with van der Waals surface area (Å²) < 4.78 is 0. The fourth-order valence-electron chi connectivity index (χ4n) is 4.46. The zero-order chi connectivity index (χ0) is 26.0. The second-order valence-corrected chi connectivity index (χ2v) is 10.4. The minimum absolute atomic E-state index is 0.0118. The quantitative estimate of drug-likeness (QED) is 0.0767. The highest BCUT2D eigenvalue weighted by molar-refractivity contribution is 5.76. The summed E-state index contributed by atoms with van der Waals surface area (Å²) in [6, 6.07) is -0.666. The first kappa shape index (κ1) is 34.1. The van der Waals surface area contributed by atoms with E-state index < -0.39 is 18.2 Å². The number of rotatable bonds is 26. The van der Waals surface area contributed by atoms with Crippen LogP contribution in [0.15, 0.2) is 12.2 Å². The van der Waals surface area contributed by atoms with Gasteiger partial charge in [0.15, 0.2) is 0 Å². The Morgan fingerprint density at radius 1 is 0.714 bits per heavy atom. The minimum Gasteiger partial charge on any atom is -0.394 e. The molecule has 0 rings (SSSR count). The second-order valence-electron chi connectivity index (χ2n) is 10.4. The molecule has 0 fully saturated rings. The van der Waals surface area contributed by atoms with Gasteiger partial charge in [0, 0.05) is 0 Å². The van der Waals surface area contributed by atoms with Crippen LogP contribution in [0.4, 0.5) is 0 Å². The zero-order valence-electron chi connectivity index (χ0n) is 23.2. The molecule has 0 saturated heterocycles. The Morgan fingerprint density at radius 3 is 1.71 bits per heavy atom. The van der Waals surface area contributed by atoms with Crippen molar-refractivity contribution in [2.45, 2.75) is 167 Å². The average Bonchev–Trinajstić information content (AvgIpc) is 2.84. The van der Waals surface area contributed by atoms with Gasteiger partial charge >= 0.3 is 0 Å². The largest absolute Gasteiger partial charge is 0.394 e. The number of aliphatic hydroxyl groups excluding tert-OH is 3. The molecule has 3 atom stereocenters. The predicted octanol–water partition coefficient (Wildman–Crippen LogP) is 6.97. The Morgan fingerprint density at radius 2 is 1.20 bits per heavy atom. The molecular weight excluding hydrogens is 438 g/mol. The van der Waals surface area contributed by atoms with Gasteiger partial charge in [-0.3, -0.25) is 4.79 Å². The molecule has 5 heteroatoms. The molecule has 0 spiro atoms. The van der Waals surface area contributed by atoms with Gasteiger partial charge in [0.05, 0.1) is 31.3 Å². The van der Waals surface area contributed by atoms with Gasteiger partial charge in [0.1, 0.15) is 0 Å². The molecule has 0 aromatic rings. The zero-order valence-corrected chi connectivity index (χ0v) is 23.2. The Balaban J connectivity index is 3.77. The molecule has 0 radical (unpaired) electrons. The van der Waals surface area contributed by atoms with Crippen molar-refractivity contribution in [2.75, 3.05) is 6.61 Å². The van der Waals surface area contributed by atoms with Crippen LogP contribution in [-0.4, -0.2) is 46.1 Å². The molecule has 4 N–H and O–H groups in total. The lowest BCUT2D eigenvalue weighted by Gasteiger charge is -2.23. The summed E-state index contributed by atoms with van der Waals surface area (Å²) in [6.45, 7) is 4.16. The Bertz CT molecular complexity index is 483. The van der Waals surface area contributed by atoms with Crippen LogP contribution < -0.4 is 5.32 Å². The van der Waals surface area contributed by atoms with Crippen molar-refractivity contribution in [3.8, 4) is 0 Å². The van der Waals surface area contributed by atoms with E-state index in [4.69, 9.17) is 0 Å². The van der Waals surface area contributed by atoms with E-state index in [-0.39, 0.29) is 18.9 Å². The van der Waals surface area contributed by atoms with Crippen molar-refractivity contribution in [2.24, 2.45) is 0 Å². The smallest absolute Gasteiger partial charge is 0.222 e. The molecule has 35 heavy (non-hydrogen) atoms. The number of amides is 1. The number of carbonyl (C=O) groups is 1. The lowest BCUT2D eigenvalue weighted by atomic mass is 10.0. The Hall–Kier alpha value is -0.910. The van der Waals surface area contributed by atoms with E-state index in [0.717, 1.165) is 25.7 Å². The van der Waals surface area contributed by atoms with Gasteiger partial charge in [-0.2, -0.15) is 0 Å². The molecule has 0 aliphatic heterocycles. The maximum atomic E-state index is 12.2. The summed E-state index contributed by atoms with van der Waals surface area (Å²) in [5.41, 5.74) is 0. The second kappa shape index (κ2) is 26.2. The van der Waals surface area contributed by atoms with Crippen LogP contribution in [0.3, 0.4) is 0 Å². The molecule has 3 unspecified atom stereocenters. The first-order valence-electron chi connectivity index (χ1n) is 15.0. The van der Waals surface area contributed by atoms with Gasteiger partial charge in [0.2, 0.25) is 5.91 Å². The number of aliphatic hydroxyl groups is 3. The molecule has 208 valence electrons. The van der Waals surface area contributed by atoms with Crippen LogP contribution in [-0.2, 0) is 4.79 Å². The van der Waals surface area contributed by atoms with Gasteiger partial charge < -0.3 is 20.6 Å². The fourth-order valence-corrected chi connectivity index (χ4v) is 4.46. The van der Waals surface area contributed by atoms with Gasteiger partial charge in [-0.05, 0) is 25.7 Å². The summed E-state index contributed by atoms with van der Waals surface area (Å²) in [5.74, 6) is -0.322. The van der Waals surface area contributed by atoms with Crippen molar-refractivity contribution in [1.82, 2.24) is 5.32 Å². The number of carbonyl (C=O) groups excluding carboxylic acids is 1. The Kier molecular flexibility index (Phi) is 25.5. The third-order valence-corrected chi connectivity index (χ3v) is 6.83. The molecule has 0 aromatic heterocycles. The van der Waals surface area contributed by atoms with Crippen LogP contribution in [0.25, 0.3) is 0 Å². The van der Waals surface area contributed by atoms with Gasteiger partial charge in [0.25, 0.3) is 0 Å². The molecule has 0 aliphatic carbocycles. The van der Waals surface area contributed by atoms with Gasteiger partial charge in [-0.25, -0.2) is 0 Å². The highest BCUT2D eigenvalue weighted by Crippen LogP contribution is 2.14. The van der Waals surface area contributed by atoms with Crippen LogP contribution in [0.5, 0.6) is 0 Å². The summed E-state index contributed by atoms with van der Waals surface area (Å²) in [5, 5.41) is 32.8. The Labute approximate surface area is 217 Å². The van der Waals surface area contributed by atoms with Crippen molar-refractivity contribution < 1.29 is 20.1 Å². The highest BCUT2D eigenvalue weighted by atomic mass is 16.3. The summed E-state index contributed by atoms with van der Waals surface area (Å²) in [6.07, 6.45) is 26.0. The van der Waals surface area contributed by atoms with E-state index in [1.807, 2.05) is 6.08 Å². The van der Waals surface area contributed by atoms with Crippen LogP contribution >= 0.6 is 0 Å². The third kappa shape index (κ3) is 23.3. The van der Waals surface area contributed by atoms with E-state index in [1.54, 1.807) is 0 Å². The minimum atomic E-state index is -0.753. The lowest BCUT2D eigenvalue weighted by molar-refractivity contribution is -0.125. The normalized spacial score (nSPS) is 14.3. The molecule has 0 saturated carbocycles. The molecule has 0 bridgehead atoms. The van der Waals surface area contributed by atoms with Crippen LogP contribution in [0.2, 0.25) is 0 Å². The SMILES string of the molecule is CCCCCC/C=C\CC(O)CC(=O)NC(CO)C(O)CCCCCCCCCCCCCCC. The van der Waals surface area contributed by atoms with Crippen LogP contribution in [0, 0.1) is 0 Å². The fraction of sp³-hybridized carbons (Fsp3) is 0.900. The molecule has 0 aliphatic rings. The standard InChI is InChI=1S/C30H59NO4/c1-3-5-7-9-11-12-13-14-15-16-18-20-22-24-29(34)28(26-32)31-30(35)25-27(33)23-21-19-17-10-8-6-4-2/h19,21,27-29,32-34H,3-18,20,22-26H2,1-2H3,(H,31,35)/b21-19-. The monoisotopic (exact) mass is 497 g/mol. The number of hydrogen-bond donors (Lipinski definition) is 4. The molecule has 0 heterocycles. The first-order chi connectivity index (χ1) is 17.0. The van der Waals surface area contributed by atoms with E-state index in [1.165, 1.54) is 89.9 Å². The van der Waals surface area contributed by atoms with Crippen molar-refractivity contribution in [3.63, 3.8) is 0 Å². The lowest BCUT2D eigenvalue weighted by Crippen LogP contribution is -2.46. The maximum Gasteiger partial charge on any atom is 0.222 e. The van der Waals surface area contributed by atoms with E-state index in [2.05, 4.69) is 25.2 Å². The van der Waals surface area contributed by atoms with E-state index in [0.29, 0.717) is 12.8 Å². The van der Waals surface area contributed by atoms with E-state index in [9.17, 15) is 20.1 Å². The summed E-state index contributed by atoms with van der Waals surface area (Å²) in [4.78, 5) is 12.2. The third-order valence-electron chi connectivity index (χ3n) is 6.83. The maximum absolute atomic E-state index is 12.2. The summed E-state index contributed by atoms with van der Waals surface area (Å²) in [7, 11) is 0. The number of hydrogen-bond acceptors (Lipinski definition) is 4. The number of allylic oxidation sites excluding steroid dienone is 1. The van der Waals surface area contributed by atoms with Crippen molar-refractivity contribution in [3.05, 3.63) is 12.2 Å². The van der Waals surface area contributed by atoms with Crippen molar-refractivity contribution >= 4 is 5.91 Å². The van der Waals surface area contributed by atoms with Crippen molar-refractivity contribution in [1.29, 1.82) is 0 Å². The highest BCUT2D eigenvalue weighted by Gasteiger charge is 2.21. The first-order valence-corrected chi connectivity index (χ1v) is 15.0. The number of nitrogens with one attached hydrogen (secondary N) is 1. The molecule has 1 amide bonds. The summed E-state index contributed by atoms with van der Waals surface area (Å²) >= 11 is 0. The van der Waals surface area contributed by atoms with Gasteiger partial charge in [-0.1, -0.05) is 129 Å². The molecular formula is C30H59NO4.